The maximum Gasteiger partial charge on any atom is 0.293 e. The Morgan fingerprint density at radius 1 is 1.21 bits per heavy atom. The molecule has 0 aliphatic heterocycles. The molecule has 0 saturated heterocycles. The van der Waals surface area contributed by atoms with Crippen LogP contribution in [0.4, 0.5) is 0 Å². The van der Waals surface area contributed by atoms with Gasteiger partial charge >= 0.3 is 0 Å². The molecule has 0 aromatic carbocycles. The summed E-state index contributed by atoms with van der Waals surface area (Å²) < 4.78 is 10.7. The van der Waals surface area contributed by atoms with E-state index in [0.717, 1.165) is 60.7 Å². The lowest BCUT2D eigenvalue weighted by atomic mass is 9.88. The summed E-state index contributed by atoms with van der Waals surface area (Å²) in [6.07, 6.45) is 21.8. The van der Waals surface area contributed by atoms with Crippen molar-refractivity contribution in [3.63, 3.8) is 0 Å². The monoisotopic (exact) mass is 561 g/mol. The Hall–Kier alpha value is -2.38. The minimum absolute atomic E-state index is 0.0372. The van der Waals surface area contributed by atoms with Gasteiger partial charge in [-0.05, 0) is 68.1 Å². The van der Waals surface area contributed by atoms with Gasteiger partial charge in [-0.3, -0.25) is 4.79 Å². The van der Waals surface area contributed by atoms with Gasteiger partial charge in [-0.15, -0.1) is 23.5 Å². The highest BCUT2D eigenvalue weighted by Crippen LogP contribution is 2.40. The first-order chi connectivity index (χ1) is 18.6. The van der Waals surface area contributed by atoms with Crippen molar-refractivity contribution in [2.45, 2.75) is 66.7 Å². The minimum Gasteiger partial charge on any atom is -0.501 e. The summed E-state index contributed by atoms with van der Waals surface area (Å²) >= 11 is 3.72. The van der Waals surface area contributed by atoms with Crippen LogP contribution in [0.5, 0.6) is 0 Å². The molecule has 5 nitrogen and oxygen atoms in total. The van der Waals surface area contributed by atoms with Gasteiger partial charge in [0.2, 0.25) is 0 Å². The summed E-state index contributed by atoms with van der Waals surface area (Å²) in [5.74, 6) is 2.79. The SMILES string of the molecule is C=C/C(=C\C=C(/C)OC)C1CCCCC(=C(\SCC)SCC2=CCC=CC=C2)/C1=N/O.CC.CCOC=O. The molecule has 212 valence electrons. The summed E-state index contributed by atoms with van der Waals surface area (Å²) in [5.41, 5.74) is 4.39. The Morgan fingerprint density at radius 2 is 1.97 bits per heavy atom. The fraction of sp³-hybridized carbons (Fsp3) is 0.484. The van der Waals surface area contributed by atoms with E-state index < -0.39 is 0 Å². The average Bonchev–Trinajstić information content (AvgIpc) is 3.34. The van der Waals surface area contributed by atoms with E-state index in [9.17, 15) is 10.0 Å². The molecule has 1 saturated carbocycles. The quantitative estimate of drug-likeness (QED) is 0.0678. The van der Waals surface area contributed by atoms with Gasteiger partial charge in [0, 0.05) is 15.9 Å². The molecule has 2 rings (SSSR count). The molecule has 2 aliphatic carbocycles. The van der Waals surface area contributed by atoms with Crippen molar-refractivity contribution in [1.29, 1.82) is 0 Å². The molecular weight excluding hydrogens is 514 g/mol. The Balaban J connectivity index is 0.00000175. The molecule has 0 aromatic heterocycles. The van der Waals surface area contributed by atoms with E-state index in [4.69, 9.17) is 4.74 Å². The first-order valence-electron chi connectivity index (χ1n) is 13.4. The van der Waals surface area contributed by atoms with E-state index in [-0.39, 0.29) is 5.92 Å². The molecule has 2 aliphatic rings. The largest absolute Gasteiger partial charge is 0.501 e. The number of oxime groups is 1. The fourth-order valence-corrected chi connectivity index (χ4v) is 6.09. The summed E-state index contributed by atoms with van der Waals surface area (Å²) in [4.78, 5) is 9.18. The molecule has 0 amide bonds. The number of thioether (sulfide) groups is 2. The predicted octanol–water partition coefficient (Wildman–Crippen LogP) is 9.02. The molecule has 1 N–H and O–H groups in total. The number of rotatable bonds is 11. The van der Waals surface area contributed by atoms with Gasteiger partial charge < -0.3 is 14.7 Å². The summed E-state index contributed by atoms with van der Waals surface area (Å²) in [6, 6.07) is 0. The van der Waals surface area contributed by atoms with E-state index in [1.54, 1.807) is 14.0 Å². The molecular formula is C31H47NO4S2. The lowest BCUT2D eigenvalue weighted by Gasteiger charge is -2.21. The van der Waals surface area contributed by atoms with Crippen LogP contribution in [0.3, 0.4) is 0 Å². The van der Waals surface area contributed by atoms with Gasteiger partial charge in [-0.25, -0.2) is 0 Å². The van der Waals surface area contributed by atoms with Crippen molar-refractivity contribution in [1.82, 2.24) is 0 Å². The molecule has 7 heteroatoms. The van der Waals surface area contributed by atoms with Crippen molar-refractivity contribution in [3.8, 4) is 0 Å². The van der Waals surface area contributed by atoms with Crippen LogP contribution in [0.15, 0.2) is 87.1 Å². The molecule has 0 radical (unpaired) electrons. The third-order valence-electron chi connectivity index (χ3n) is 5.59. The zero-order valence-electron chi connectivity index (χ0n) is 24.1. The van der Waals surface area contributed by atoms with Gasteiger partial charge in [0.05, 0.1) is 25.2 Å². The van der Waals surface area contributed by atoms with Crippen LogP contribution in [0.25, 0.3) is 0 Å². The number of nitrogens with zero attached hydrogens (tertiary/aromatic N) is 1. The number of carbonyl (C=O) groups is 1. The summed E-state index contributed by atoms with van der Waals surface area (Å²) in [6.45, 7) is 14.8. The molecule has 38 heavy (non-hydrogen) atoms. The van der Waals surface area contributed by atoms with E-state index in [1.165, 1.54) is 15.4 Å². The van der Waals surface area contributed by atoms with Gasteiger partial charge in [-0.1, -0.05) is 81.5 Å². The highest BCUT2D eigenvalue weighted by molar-refractivity contribution is 8.22. The third-order valence-corrected chi connectivity index (χ3v) is 8.08. The minimum atomic E-state index is 0.0372. The molecule has 1 unspecified atom stereocenters. The Labute approximate surface area is 239 Å². The van der Waals surface area contributed by atoms with Crippen LogP contribution in [0, 0.1) is 5.92 Å². The molecule has 1 fully saturated rings. The van der Waals surface area contributed by atoms with Crippen LogP contribution in [0.1, 0.15) is 66.7 Å². The first-order valence-corrected chi connectivity index (χ1v) is 15.4. The maximum atomic E-state index is 10.1. The number of hydrogen-bond acceptors (Lipinski definition) is 7. The van der Waals surface area contributed by atoms with Crippen molar-refractivity contribution < 1.29 is 19.5 Å². The number of hydrogen-bond donors (Lipinski definition) is 1. The van der Waals surface area contributed by atoms with Crippen molar-refractivity contribution in [2.75, 3.05) is 25.2 Å². The second kappa shape index (κ2) is 23.7. The van der Waals surface area contributed by atoms with Gasteiger partial charge in [0.1, 0.15) is 0 Å². The molecule has 0 heterocycles. The standard InChI is InChI=1S/C26H35NO2S2.C3H6O2.C2H6/c1-5-22(18-17-20(3)29-4)23-15-11-12-16-24(25(23)27-28)26(30-6-2)31-19-21-13-9-7-8-10-14-21;1-2-5-3-4;1-2/h5,7-9,13-14,17-18,23,28H,1,6,10-12,15-16,19H2,2-4H3;3H,2H2,1H3;1-2H3/b20-17+,22-18+,26-24-,27-25+;;. The lowest BCUT2D eigenvalue weighted by Crippen LogP contribution is -2.18. The highest BCUT2D eigenvalue weighted by Gasteiger charge is 2.28. The third kappa shape index (κ3) is 14.0. The van der Waals surface area contributed by atoms with Crippen molar-refractivity contribution in [2.24, 2.45) is 11.1 Å². The predicted molar refractivity (Wildman–Crippen MR) is 168 cm³/mol. The average molecular weight is 562 g/mol. The van der Waals surface area contributed by atoms with E-state index in [0.29, 0.717) is 13.1 Å². The molecule has 1 atom stereocenters. The zero-order chi connectivity index (χ0) is 28.6. The van der Waals surface area contributed by atoms with E-state index >= 15 is 0 Å². The van der Waals surface area contributed by atoms with Crippen LogP contribution in [-0.4, -0.2) is 42.6 Å². The Morgan fingerprint density at radius 3 is 2.55 bits per heavy atom. The summed E-state index contributed by atoms with van der Waals surface area (Å²) in [7, 11) is 1.67. The van der Waals surface area contributed by atoms with Crippen LogP contribution in [0.2, 0.25) is 0 Å². The van der Waals surface area contributed by atoms with Gasteiger partial charge in [0.25, 0.3) is 6.47 Å². The van der Waals surface area contributed by atoms with Crippen molar-refractivity contribution in [3.05, 3.63) is 81.9 Å². The topological polar surface area (TPSA) is 68.1 Å². The van der Waals surface area contributed by atoms with Gasteiger partial charge in [-0.2, -0.15) is 0 Å². The first kappa shape index (κ1) is 35.6. The molecule has 0 spiro atoms. The van der Waals surface area contributed by atoms with Crippen LogP contribution in [-0.2, 0) is 14.3 Å². The highest BCUT2D eigenvalue weighted by atomic mass is 32.2. The second-order valence-electron chi connectivity index (χ2n) is 7.98. The maximum absolute atomic E-state index is 10.1. The summed E-state index contributed by atoms with van der Waals surface area (Å²) in [5, 5.41) is 14.0. The Kier molecular flexibility index (Phi) is 22.2. The molecule has 0 bridgehead atoms. The number of ether oxygens (including phenoxy) is 2. The second-order valence-corrected chi connectivity index (χ2v) is 10.5. The van der Waals surface area contributed by atoms with E-state index in [2.05, 4.69) is 53.8 Å². The number of allylic oxidation sites excluding steroid dienone is 11. The van der Waals surface area contributed by atoms with E-state index in [1.807, 2.05) is 62.5 Å². The van der Waals surface area contributed by atoms with Crippen molar-refractivity contribution >= 4 is 35.7 Å². The smallest absolute Gasteiger partial charge is 0.293 e. The van der Waals surface area contributed by atoms with Crippen LogP contribution >= 0.6 is 23.5 Å². The number of methoxy groups -OCH3 is 1. The normalized spacial score (nSPS) is 20.0. The Bertz CT molecular complexity index is 911. The fourth-order valence-electron chi connectivity index (χ4n) is 3.69. The van der Waals surface area contributed by atoms with Gasteiger partial charge in [0.15, 0.2) is 0 Å². The van der Waals surface area contributed by atoms with Crippen LogP contribution < -0.4 is 0 Å². The number of carbonyl (C=O) groups excluding carboxylic acids is 1. The molecule has 0 aromatic rings. The lowest BCUT2D eigenvalue weighted by molar-refractivity contribution is -0.128. The zero-order valence-corrected chi connectivity index (χ0v) is 25.7.